The molecule has 0 radical (unpaired) electrons. The van der Waals surface area contributed by atoms with Gasteiger partial charge in [-0.05, 0) is 27.4 Å². The van der Waals surface area contributed by atoms with Crippen LogP contribution in [0, 0.1) is 0 Å². The van der Waals surface area contributed by atoms with E-state index in [1.807, 2.05) is 30.8 Å². The number of rotatable bonds is 4. The Morgan fingerprint density at radius 3 is 2.05 bits per heavy atom. The molecule has 6 heteroatoms. The number of hydrogen-bond donors (Lipinski definition) is 1. The van der Waals surface area contributed by atoms with Gasteiger partial charge in [-0.25, -0.2) is 0 Å². The van der Waals surface area contributed by atoms with Gasteiger partial charge in [-0.2, -0.15) is 0 Å². The van der Waals surface area contributed by atoms with Gasteiger partial charge in [-0.15, -0.1) is 0 Å². The second-order valence-electron chi connectivity index (χ2n) is 5.68. The fraction of sp³-hybridized carbons (Fsp3) is 0.846. The monoisotopic (exact) mass is 270 g/mol. The van der Waals surface area contributed by atoms with Gasteiger partial charge in [0.05, 0.1) is 12.1 Å². The van der Waals surface area contributed by atoms with Crippen LogP contribution in [-0.4, -0.2) is 78.9 Å². The van der Waals surface area contributed by atoms with Gasteiger partial charge >= 0.3 is 0 Å². The minimum atomic E-state index is -0.796. The average Bonchev–Trinajstić information content (AvgIpc) is 2.37. The minimum absolute atomic E-state index is 0.0188. The molecular formula is C13H26N4O2. The molecule has 0 saturated carbocycles. The molecule has 0 spiro atoms. The Morgan fingerprint density at radius 2 is 1.63 bits per heavy atom. The molecule has 0 bridgehead atoms. The molecule has 6 nitrogen and oxygen atoms in total. The fourth-order valence-corrected chi connectivity index (χ4v) is 2.04. The Balaban J connectivity index is 2.49. The smallest absolute Gasteiger partial charge is 0.242 e. The number of carbonyl (C=O) groups excluding carboxylic acids is 2. The summed E-state index contributed by atoms with van der Waals surface area (Å²) in [5.74, 6) is 0.0952. The predicted octanol–water partition coefficient (Wildman–Crippen LogP) is -0.654. The van der Waals surface area contributed by atoms with Crippen molar-refractivity contribution >= 4 is 11.8 Å². The van der Waals surface area contributed by atoms with Crippen molar-refractivity contribution in [2.75, 3.05) is 46.8 Å². The van der Waals surface area contributed by atoms with Crippen molar-refractivity contribution in [1.29, 1.82) is 0 Å². The van der Waals surface area contributed by atoms with Crippen LogP contribution in [0.4, 0.5) is 0 Å². The van der Waals surface area contributed by atoms with Gasteiger partial charge in [0, 0.05) is 26.2 Å². The Labute approximate surface area is 115 Å². The van der Waals surface area contributed by atoms with Crippen molar-refractivity contribution in [3.8, 4) is 0 Å². The van der Waals surface area contributed by atoms with Crippen molar-refractivity contribution in [2.45, 2.75) is 25.8 Å². The molecule has 1 heterocycles. The van der Waals surface area contributed by atoms with Gasteiger partial charge in [0.15, 0.2) is 0 Å². The number of amides is 2. The van der Waals surface area contributed by atoms with Gasteiger partial charge in [0.25, 0.3) is 0 Å². The summed E-state index contributed by atoms with van der Waals surface area (Å²) in [6, 6.07) is 0. The Hall–Kier alpha value is -1.14. The highest BCUT2D eigenvalue weighted by atomic mass is 16.2. The van der Waals surface area contributed by atoms with E-state index in [-0.39, 0.29) is 11.8 Å². The molecule has 110 valence electrons. The zero-order valence-corrected chi connectivity index (χ0v) is 12.5. The number of piperazine rings is 1. The van der Waals surface area contributed by atoms with Crippen LogP contribution >= 0.6 is 0 Å². The molecule has 0 aliphatic carbocycles. The summed E-state index contributed by atoms with van der Waals surface area (Å²) >= 11 is 0. The van der Waals surface area contributed by atoms with E-state index in [2.05, 4.69) is 0 Å². The minimum Gasteiger partial charge on any atom is -0.338 e. The predicted molar refractivity (Wildman–Crippen MR) is 74.6 cm³/mol. The molecule has 19 heavy (non-hydrogen) atoms. The Morgan fingerprint density at radius 1 is 1.16 bits per heavy atom. The fourth-order valence-electron chi connectivity index (χ4n) is 2.04. The lowest BCUT2D eigenvalue weighted by Crippen LogP contribution is -2.59. The molecule has 0 aromatic heterocycles. The zero-order valence-electron chi connectivity index (χ0n) is 12.5. The van der Waals surface area contributed by atoms with E-state index in [1.165, 1.54) is 0 Å². The van der Waals surface area contributed by atoms with Crippen LogP contribution in [0.25, 0.3) is 0 Å². The van der Waals surface area contributed by atoms with E-state index in [9.17, 15) is 9.59 Å². The third-order valence-corrected chi connectivity index (χ3v) is 3.59. The molecule has 1 fully saturated rings. The van der Waals surface area contributed by atoms with Gasteiger partial charge in [-0.3, -0.25) is 9.59 Å². The van der Waals surface area contributed by atoms with Crippen LogP contribution in [0.1, 0.15) is 20.3 Å². The highest BCUT2D eigenvalue weighted by Gasteiger charge is 2.33. The largest absolute Gasteiger partial charge is 0.338 e. The number of carbonyl (C=O) groups is 2. The zero-order chi connectivity index (χ0) is 14.6. The van der Waals surface area contributed by atoms with Crippen LogP contribution in [0.2, 0.25) is 0 Å². The van der Waals surface area contributed by atoms with E-state index in [1.54, 1.807) is 11.8 Å². The van der Waals surface area contributed by atoms with Crippen LogP contribution in [-0.2, 0) is 9.59 Å². The lowest BCUT2D eigenvalue weighted by molar-refractivity contribution is -0.143. The first-order valence-corrected chi connectivity index (χ1v) is 6.78. The standard InChI is InChI=1S/C13H26N4O2/c1-5-13(2,14)12(19)17-8-6-16(7-9-17)11(18)10-15(3)4/h5-10,14H2,1-4H3. The molecule has 2 amide bonds. The van der Waals surface area contributed by atoms with Crippen LogP contribution in [0.3, 0.4) is 0 Å². The van der Waals surface area contributed by atoms with Gasteiger partial charge < -0.3 is 20.4 Å². The lowest BCUT2D eigenvalue weighted by atomic mass is 9.98. The average molecular weight is 270 g/mol. The second-order valence-corrected chi connectivity index (χ2v) is 5.68. The van der Waals surface area contributed by atoms with Crippen LogP contribution < -0.4 is 5.73 Å². The third-order valence-electron chi connectivity index (χ3n) is 3.59. The Bertz CT molecular complexity index is 334. The van der Waals surface area contributed by atoms with E-state index in [0.29, 0.717) is 39.1 Å². The highest BCUT2D eigenvalue weighted by Crippen LogP contribution is 2.12. The maximum atomic E-state index is 12.2. The van der Waals surface area contributed by atoms with Crippen LogP contribution in [0.5, 0.6) is 0 Å². The SMILES string of the molecule is CCC(C)(N)C(=O)N1CCN(C(=O)CN(C)C)CC1. The van der Waals surface area contributed by atoms with E-state index in [0.717, 1.165) is 0 Å². The van der Waals surface area contributed by atoms with Crippen LogP contribution in [0.15, 0.2) is 0 Å². The Kier molecular flexibility index (Phi) is 5.31. The number of likely N-dealkylation sites (N-methyl/N-ethyl adjacent to an activating group) is 1. The number of hydrogen-bond acceptors (Lipinski definition) is 4. The molecular weight excluding hydrogens is 244 g/mol. The first kappa shape index (κ1) is 15.9. The first-order chi connectivity index (χ1) is 8.77. The summed E-state index contributed by atoms with van der Waals surface area (Å²) in [7, 11) is 3.75. The van der Waals surface area contributed by atoms with Gasteiger partial charge in [0.2, 0.25) is 11.8 Å². The maximum Gasteiger partial charge on any atom is 0.242 e. The van der Waals surface area contributed by atoms with E-state index >= 15 is 0 Å². The highest BCUT2D eigenvalue weighted by molar-refractivity contribution is 5.86. The third kappa shape index (κ3) is 4.18. The number of nitrogens with two attached hydrogens (primary N) is 1. The topological polar surface area (TPSA) is 69.9 Å². The molecule has 1 atom stereocenters. The van der Waals surface area contributed by atoms with Crippen molar-refractivity contribution < 1.29 is 9.59 Å². The van der Waals surface area contributed by atoms with E-state index in [4.69, 9.17) is 5.73 Å². The normalized spacial score (nSPS) is 19.5. The molecule has 0 aromatic carbocycles. The maximum absolute atomic E-state index is 12.2. The summed E-state index contributed by atoms with van der Waals surface area (Å²) in [4.78, 5) is 29.5. The molecule has 1 saturated heterocycles. The van der Waals surface area contributed by atoms with E-state index < -0.39 is 5.54 Å². The van der Waals surface area contributed by atoms with Gasteiger partial charge in [-0.1, -0.05) is 6.92 Å². The van der Waals surface area contributed by atoms with Crippen molar-refractivity contribution in [3.63, 3.8) is 0 Å². The van der Waals surface area contributed by atoms with Crippen molar-refractivity contribution in [3.05, 3.63) is 0 Å². The number of nitrogens with zero attached hydrogens (tertiary/aromatic N) is 3. The summed E-state index contributed by atoms with van der Waals surface area (Å²) in [6.07, 6.45) is 0.617. The molecule has 1 aliphatic rings. The summed E-state index contributed by atoms with van der Waals surface area (Å²) < 4.78 is 0. The van der Waals surface area contributed by atoms with Crippen molar-refractivity contribution in [2.24, 2.45) is 5.73 Å². The van der Waals surface area contributed by atoms with Crippen molar-refractivity contribution in [1.82, 2.24) is 14.7 Å². The van der Waals surface area contributed by atoms with Gasteiger partial charge in [0.1, 0.15) is 0 Å². The second kappa shape index (κ2) is 6.34. The first-order valence-electron chi connectivity index (χ1n) is 6.78. The summed E-state index contributed by atoms with van der Waals surface area (Å²) in [5.41, 5.74) is 5.18. The lowest BCUT2D eigenvalue weighted by Gasteiger charge is -2.38. The molecule has 0 aromatic rings. The molecule has 1 aliphatic heterocycles. The molecule has 2 N–H and O–H groups in total. The summed E-state index contributed by atoms with van der Waals surface area (Å²) in [5, 5.41) is 0. The summed E-state index contributed by atoms with van der Waals surface area (Å²) in [6.45, 7) is 6.43. The quantitative estimate of drug-likeness (QED) is 0.737. The molecule has 1 unspecified atom stereocenters. The molecule has 1 rings (SSSR count).